The van der Waals surface area contributed by atoms with E-state index in [1.54, 1.807) is 24.3 Å². The summed E-state index contributed by atoms with van der Waals surface area (Å²) in [5, 5.41) is 11.5. The highest BCUT2D eigenvalue weighted by molar-refractivity contribution is 5.96. The summed E-state index contributed by atoms with van der Waals surface area (Å²) in [6, 6.07) is 8.40. The van der Waals surface area contributed by atoms with Gasteiger partial charge in [-0.25, -0.2) is 10.0 Å². The Morgan fingerprint density at radius 3 is 2.82 bits per heavy atom. The first-order valence-electron chi connectivity index (χ1n) is 5.04. The van der Waals surface area contributed by atoms with Crippen LogP contribution in [-0.2, 0) is 4.84 Å². The fourth-order valence-electron chi connectivity index (χ4n) is 1.51. The number of aromatic nitrogens is 1. The molecule has 2 aromatic rings. The van der Waals surface area contributed by atoms with Crippen molar-refractivity contribution in [2.24, 2.45) is 0 Å². The number of hydrogen-bond donors (Lipinski definition) is 1. The fourth-order valence-corrected chi connectivity index (χ4v) is 1.51. The van der Waals surface area contributed by atoms with Crippen molar-refractivity contribution < 1.29 is 14.7 Å². The molecule has 1 aromatic carbocycles. The zero-order valence-corrected chi connectivity index (χ0v) is 9.54. The molecule has 0 atom stereocenters. The minimum Gasteiger partial charge on any atom is -0.507 e. The summed E-state index contributed by atoms with van der Waals surface area (Å²) in [5.74, 6) is -0.378. The lowest BCUT2D eigenvalue weighted by atomic mass is 10.2. The van der Waals surface area contributed by atoms with Gasteiger partial charge in [0.05, 0.1) is 12.6 Å². The van der Waals surface area contributed by atoms with Gasteiger partial charge in [-0.2, -0.15) is 0 Å². The number of carbonyl (C=O) groups excluding carboxylic acids is 1. The molecule has 2 rings (SSSR count). The van der Waals surface area contributed by atoms with Gasteiger partial charge >= 0.3 is 0 Å². The van der Waals surface area contributed by atoms with E-state index in [4.69, 9.17) is 4.84 Å². The normalized spacial score (nSPS) is 10.5. The standard InChI is InChI=1S/C12H12N2O3/c1-14(17-2)12(16)10-7-11(15)8-5-3-4-6-9(8)13-10/h3-7H,1-2H3,(H,13,15). The number of para-hydroxylation sites is 1. The third-order valence-corrected chi connectivity index (χ3v) is 2.47. The number of hydroxylamine groups is 2. The van der Waals surface area contributed by atoms with Gasteiger partial charge in [-0.05, 0) is 12.1 Å². The van der Waals surface area contributed by atoms with Gasteiger partial charge in [0, 0.05) is 18.5 Å². The summed E-state index contributed by atoms with van der Waals surface area (Å²) < 4.78 is 0. The van der Waals surface area contributed by atoms with E-state index >= 15 is 0 Å². The third-order valence-electron chi connectivity index (χ3n) is 2.47. The van der Waals surface area contributed by atoms with Crippen molar-refractivity contribution in [2.45, 2.75) is 0 Å². The van der Waals surface area contributed by atoms with E-state index in [0.717, 1.165) is 5.06 Å². The van der Waals surface area contributed by atoms with Gasteiger partial charge in [0.2, 0.25) is 0 Å². The number of nitrogens with zero attached hydrogens (tertiary/aromatic N) is 2. The van der Waals surface area contributed by atoms with Crippen LogP contribution >= 0.6 is 0 Å². The number of aromatic hydroxyl groups is 1. The molecule has 0 bridgehead atoms. The van der Waals surface area contributed by atoms with Crippen LogP contribution in [0.15, 0.2) is 30.3 Å². The summed E-state index contributed by atoms with van der Waals surface area (Å²) >= 11 is 0. The van der Waals surface area contributed by atoms with Crippen LogP contribution in [0.4, 0.5) is 0 Å². The predicted molar refractivity (Wildman–Crippen MR) is 62.5 cm³/mol. The Morgan fingerprint density at radius 1 is 1.41 bits per heavy atom. The third kappa shape index (κ3) is 2.05. The Hall–Kier alpha value is -2.14. The molecule has 5 nitrogen and oxygen atoms in total. The van der Waals surface area contributed by atoms with Crippen LogP contribution in [0, 0.1) is 0 Å². The lowest BCUT2D eigenvalue weighted by molar-refractivity contribution is -0.0760. The van der Waals surface area contributed by atoms with Crippen LogP contribution in [-0.4, -0.2) is 35.2 Å². The topological polar surface area (TPSA) is 62.7 Å². The Kier molecular flexibility index (Phi) is 2.93. The highest BCUT2D eigenvalue weighted by atomic mass is 16.7. The molecule has 1 N–H and O–H groups in total. The first kappa shape index (κ1) is 11.3. The van der Waals surface area contributed by atoms with Crippen LogP contribution in [0.25, 0.3) is 10.9 Å². The maximum absolute atomic E-state index is 11.8. The first-order chi connectivity index (χ1) is 8.13. The van der Waals surface area contributed by atoms with Crippen molar-refractivity contribution in [3.63, 3.8) is 0 Å². The molecule has 5 heteroatoms. The summed E-state index contributed by atoms with van der Waals surface area (Å²) in [6.07, 6.45) is 0. The van der Waals surface area contributed by atoms with Crippen LogP contribution in [0.3, 0.4) is 0 Å². The Labute approximate surface area is 98.2 Å². The number of benzene rings is 1. The SMILES string of the molecule is CON(C)C(=O)c1cc(O)c2ccccc2n1. The average Bonchev–Trinajstić information content (AvgIpc) is 2.37. The smallest absolute Gasteiger partial charge is 0.295 e. The molecule has 0 aliphatic rings. The second-order valence-corrected chi connectivity index (χ2v) is 3.53. The van der Waals surface area contributed by atoms with Crippen molar-refractivity contribution in [3.8, 4) is 5.75 Å². The van der Waals surface area contributed by atoms with Gasteiger partial charge in [0.25, 0.3) is 5.91 Å². The van der Waals surface area contributed by atoms with Crippen LogP contribution in [0.2, 0.25) is 0 Å². The molecule has 0 unspecified atom stereocenters. The molecule has 0 fully saturated rings. The molecule has 88 valence electrons. The van der Waals surface area contributed by atoms with E-state index in [0.29, 0.717) is 10.9 Å². The molecule has 0 aliphatic carbocycles. The van der Waals surface area contributed by atoms with E-state index < -0.39 is 5.91 Å². The summed E-state index contributed by atoms with van der Waals surface area (Å²) in [7, 11) is 2.87. The molecule has 0 saturated carbocycles. The number of hydrogen-bond acceptors (Lipinski definition) is 4. The van der Waals surface area contributed by atoms with E-state index in [-0.39, 0.29) is 11.4 Å². The van der Waals surface area contributed by atoms with Crippen LogP contribution < -0.4 is 0 Å². The molecule has 0 saturated heterocycles. The maximum Gasteiger partial charge on any atom is 0.295 e. The van der Waals surface area contributed by atoms with E-state index in [2.05, 4.69) is 4.98 Å². The number of carbonyl (C=O) groups is 1. The largest absolute Gasteiger partial charge is 0.507 e. The quantitative estimate of drug-likeness (QED) is 0.798. The molecule has 17 heavy (non-hydrogen) atoms. The van der Waals surface area contributed by atoms with Crippen LogP contribution in [0.5, 0.6) is 5.75 Å². The second-order valence-electron chi connectivity index (χ2n) is 3.53. The second kappa shape index (κ2) is 4.39. The minimum atomic E-state index is -0.409. The van der Waals surface area contributed by atoms with Gasteiger partial charge in [0.15, 0.2) is 0 Å². The van der Waals surface area contributed by atoms with Crippen LogP contribution in [0.1, 0.15) is 10.5 Å². The van der Waals surface area contributed by atoms with Gasteiger partial charge in [-0.15, -0.1) is 0 Å². The molecule has 0 radical (unpaired) electrons. The van der Waals surface area contributed by atoms with E-state index in [9.17, 15) is 9.90 Å². The van der Waals surface area contributed by atoms with E-state index in [1.165, 1.54) is 20.2 Å². The highest BCUT2D eigenvalue weighted by Gasteiger charge is 2.15. The van der Waals surface area contributed by atoms with Gasteiger partial charge in [0.1, 0.15) is 11.4 Å². The minimum absolute atomic E-state index is 0.0310. The van der Waals surface area contributed by atoms with E-state index in [1.807, 2.05) is 0 Å². The summed E-state index contributed by atoms with van der Waals surface area (Å²) in [5.41, 5.74) is 0.714. The Balaban J connectivity index is 2.54. The fraction of sp³-hybridized carbons (Fsp3) is 0.167. The zero-order chi connectivity index (χ0) is 12.4. The lowest BCUT2D eigenvalue weighted by Gasteiger charge is -2.13. The predicted octanol–water partition coefficient (Wildman–Crippen LogP) is 1.57. The molecule has 1 heterocycles. The van der Waals surface area contributed by atoms with Crippen molar-refractivity contribution >= 4 is 16.8 Å². The highest BCUT2D eigenvalue weighted by Crippen LogP contribution is 2.24. The van der Waals surface area contributed by atoms with Crippen molar-refractivity contribution in [1.82, 2.24) is 10.0 Å². The average molecular weight is 232 g/mol. The molecule has 1 amide bonds. The van der Waals surface area contributed by atoms with Gasteiger partial charge in [-0.3, -0.25) is 9.63 Å². The number of fused-ring (bicyclic) bond motifs is 1. The Morgan fingerprint density at radius 2 is 2.12 bits per heavy atom. The summed E-state index contributed by atoms with van der Waals surface area (Å²) in [6.45, 7) is 0. The Bertz CT molecular complexity index is 569. The van der Waals surface area contributed by atoms with Gasteiger partial charge in [-0.1, -0.05) is 12.1 Å². The maximum atomic E-state index is 11.8. The monoisotopic (exact) mass is 232 g/mol. The summed E-state index contributed by atoms with van der Waals surface area (Å²) in [4.78, 5) is 20.8. The van der Waals surface area contributed by atoms with Crippen molar-refractivity contribution in [3.05, 3.63) is 36.0 Å². The molecular weight excluding hydrogens is 220 g/mol. The number of pyridine rings is 1. The van der Waals surface area contributed by atoms with Crippen molar-refractivity contribution in [2.75, 3.05) is 14.2 Å². The molecular formula is C12H12N2O3. The number of rotatable bonds is 2. The zero-order valence-electron chi connectivity index (χ0n) is 9.54. The molecule has 0 aliphatic heterocycles. The lowest BCUT2D eigenvalue weighted by Crippen LogP contribution is -2.26. The van der Waals surface area contributed by atoms with Gasteiger partial charge < -0.3 is 5.11 Å². The number of amides is 1. The van der Waals surface area contributed by atoms with Crippen molar-refractivity contribution in [1.29, 1.82) is 0 Å². The first-order valence-corrected chi connectivity index (χ1v) is 5.04. The molecule has 0 spiro atoms. The molecule has 1 aromatic heterocycles.